The molecule has 0 aliphatic carbocycles. The zero-order valence-electron chi connectivity index (χ0n) is 16.0. The average molecular weight is 399 g/mol. The Hall–Kier alpha value is -4.26. The Balaban J connectivity index is 1.84. The van der Waals surface area contributed by atoms with Gasteiger partial charge in [-0.1, -0.05) is 42.5 Å². The lowest BCUT2D eigenvalue weighted by Crippen LogP contribution is -2.14. The fourth-order valence-corrected chi connectivity index (χ4v) is 3.29. The van der Waals surface area contributed by atoms with Crippen molar-refractivity contribution in [2.75, 3.05) is 12.4 Å². The van der Waals surface area contributed by atoms with Crippen LogP contribution in [0, 0.1) is 10.1 Å². The summed E-state index contributed by atoms with van der Waals surface area (Å²) in [5.41, 5.74) is 2.26. The first-order chi connectivity index (χ1) is 14.6. The van der Waals surface area contributed by atoms with Gasteiger partial charge in [-0.3, -0.25) is 14.9 Å². The van der Waals surface area contributed by atoms with Crippen LogP contribution >= 0.6 is 0 Å². The highest BCUT2D eigenvalue weighted by Gasteiger charge is 2.19. The van der Waals surface area contributed by atoms with E-state index in [-0.39, 0.29) is 11.4 Å². The fourth-order valence-electron chi connectivity index (χ4n) is 3.29. The number of ether oxygens (including phenoxy) is 1. The van der Waals surface area contributed by atoms with Gasteiger partial charge in [-0.25, -0.2) is 4.98 Å². The van der Waals surface area contributed by atoms with Crippen molar-refractivity contribution in [3.05, 3.63) is 94.5 Å². The summed E-state index contributed by atoms with van der Waals surface area (Å²) in [6.07, 6.45) is 0. The van der Waals surface area contributed by atoms with Crippen LogP contribution in [-0.2, 0) is 0 Å². The molecule has 3 aromatic carbocycles. The molecule has 148 valence electrons. The maximum Gasteiger partial charge on any atom is 0.292 e. The van der Waals surface area contributed by atoms with Crippen molar-refractivity contribution in [3.63, 3.8) is 0 Å². The molecule has 0 bridgehead atoms. The monoisotopic (exact) mass is 399 g/mol. The molecule has 0 saturated carbocycles. The van der Waals surface area contributed by atoms with Gasteiger partial charge in [0, 0.05) is 17.0 Å². The van der Waals surface area contributed by atoms with Gasteiger partial charge in [-0.05, 0) is 30.3 Å². The van der Waals surface area contributed by atoms with Crippen LogP contribution in [-0.4, -0.2) is 22.9 Å². The third-order valence-corrected chi connectivity index (χ3v) is 4.69. The number of methoxy groups -OCH3 is 1. The second-order valence-electron chi connectivity index (χ2n) is 6.50. The Bertz CT molecular complexity index is 1270. The molecule has 7 nitrogen and oxygen atoms in total. The Labute approximate surface area is 172 Å². The standard InChI is InChI=1S/C23H17N3O4/c1-30-22-13-7-3-9-16(22)20-14-17(15-8-2-4-10-18(15)24-20)23(27)25-19-11-5-6-12-21(19)26(28)29/h2-14H,1H3,(H,25,27). The van der Waals surface area contributed by atoms with Gasteiger partial charge in [0.15, 0.2) is 0 Å². The van der Waals surface area contributed by atoms with E-state index in [1.807, 2.05) is 42.5 Å². The van der Waals surface area contributed by atoms with Gasteiger partial charge in [0.2, 0.25) is 0 Å². The summed E-state index contributed by atoms with van der Waals surface area (Å²) in [5.74, 6) is 0.171. The molecule has 0 radical (unpaired) electrons. The molecular formula is C23H17N3O4. The number of anilines is 1. The van der Waals surface area contributed by atoms with Crippen molar-refractivity contribution >= 4 is 28.2 Å². The number of rotatable bonds is 5. The van der Waals surface area contributed by atoms with E-state index in [0.717, 1.165) is 5.56 Å². The summed E-state index contributed by atoms with van der Waals surface area (Å²) in [6, 6.07) is 22.4. The quantitative estimate of drug-likeness (QED) is 0.373. The number of nitro groups is 1. The lowest BCUT2D eigenvalue weighted by atomic mass is 10.0. The van der Waals surface area contributed by atoms with E-state index in [9.17, 15) is 14.9 Å². The Morgan fingerprint density at radius 2 is 1.70 bits per heavy atom. The van der Waals surface area contributed by atoms with E-state index in [0.29, 0.717) is 27.9 Å². The topological polar surface area (TPSA) is 94.4 Å². The maximum atomic E-state index is 13.1. The Kier molecular flexibility index (Phi) is 5.09. The van der Waals surface area contributed by atoms with Crippen molar-refractivity contribution in [2.45, 2.75) is 0 Å². The summed E-state index contributed by atoms with van der Waals surface area (Å²) in [4.78, 5) is 28.6. The molecule has 0 aliphatic rings. The molecule has 7 heteroatoms. The Morgan fingerprint density at radius 3 is 2.50 bits per heavy atom. The van der Waals surface area contributed by atoms with Crippen LogP contribution in [0.4, 0.5) is 11.4 Å². The van der Waals surface area contributed by atoms with Crippen LogP contribution in [0.2, 0.25) is 0 Å². The first-order valence-electron chi connectivity index (χ1n) is 9.16. The SMILES string of the molecule is COc1ccccc1-c1cc(C(=O)Nc2ccccc2[N+](=O)[O-])c2ccccc2n1. The zero-order chi connectivity index (χ0) is 21.1. The number of benzene rings is 3. The summed E-state index contributed by atoms with van der Waals surface area (Å²) in [7, 11) is 1.57. The number of aromatic nitrogens is 1. The molecule has 4 rings (SSSR count). The smallest absolute Gasteiger partial charge is 0.292 e. The van der Waals surface area contributed by atoms with Crippen molar-refractivity contribution in [3.8, 4) is 17.0 Å². The number of nitrogens with one attached hydrogen (secondary N) is 1. The molecule has 1 aromatic heterocycles. The van der Waals surface area contributed by atoms with Gasteiger partial charge < -0.3 is 10.1 Å². The number of pyridine rings is 1. The number of fused-ring (bicyclic) bond motifs is 1. The van der Waals surface area contributed by atoms with Gasteiger partial charge in [0.05, 0.1) is 28.8 Å². The lowest BCUT2D eigenvalue weighted by Gasteiger charge is -2.12. The number of nitro benzene ring substituents is 1. The molecule has 0 fully saturated rings. The van der Waals surface area contributed by atoms with Crippen molar-refractivity contribution in [1.82, 2.24) is 4.98 Å². The maximum absolute atomic E-state index is 13.1. The van der Waals surface area contributed by atoms with E-state index in [1.165, 1.54) is 12.1 Å². The van der Waals surface area contributed by atoms with Crippen LogP contribution in [0.15, 0.2) is 78.9 Å². The van der Waals surface area contributed by atoms with E-state index < -0.39 is 10.8 Å². The molecule has 4 aromatic rings. The molecule has 30 heavy (non-hydrogen) atoms. The van der Waals surface area contributed by atoms with Gasteiger partial charge >= 0.3 is 0 Å². The van der Waals surface area contributed by atoms with Crippen LogP contribution in [0.1, 0.15) is 10.4 Å². The van der Waals surface area contributed by atoms with Crippen LogP contribution < -0.4 is 10.1 Å². The van der Waals surface area contributed by atoms with Gasteiger partial charge in [0.25, 0.3) is 11.6 Å². The van der Waals surface area contributed by atoms with E-state index in [1.54, 1.807) is 31.4 Å². The number of carbonyl (C=O) groups excluding carboxylic acids is 1. The highest BCUT2D eigenvalue weighted by Crippen LogP contribution is 2.32. The second-order valence-corrected chi connectivity index (χ2v) is 6.50. The number of amides is 1. The molecule has 0 atom stereocenters. The highest BCUT2D eigenvalue weighted by molar-refractivity contribution is 6.13. The fraction of sp³-hybridized carbons (Fsp3) is 0.0435. The van der Waals surface area contributed by atoms with Crippen molar-refractivity contribution < 1.29 is 14.5 Å². The number of hydrogen-bond acceptors (Lipinski definition) is 5. The Morgan fingerprint density at radius 1 is 1.00 bits per heavy atom. The first kappa shape index (κ1) is 19.1. The molecule has 0 saturated heterocycles. The van der Waals surface area contributed by atoms with E-state index >= 15 is 0 Å². The van der Waals surface area contributed by atoms with Crippen LogP contribution in [0.5, 0.6) is 5.75 Å². The van der Waals surface area contributed by atoms with Crippen LogP contribution in [0.3, 0.4) is 0 Å². The van der Waals surface area contributed by atoms with E-state index in [4.69, 9.17) is 4.74 Å². The number of nitrogens with zero attached hydrogens (tertiary/aromatic N) is 2. The minimum Gasteiger partial charge on any atom is -0.496 e. The number of hydrogen-bond donors (Lipinski definition) is 1. The normalized spacial score (nSPS) is 10.6. The predicted molar refractivity (Wildman–Crippen MR) is 115 cm³/mol. The lowest BCUT2D eigenvalue weighted by molar-refractivity contribution is -0.383. The van der Waals surface area contributed by atoms with Gasteiger partial charge in [0.1, 0.15) is 11.4 Å². The molecule has 1 amide bonds. The predicted octanol–water partition coefficient (Wildman–Crippen LogP) is 5.07. The molecule has 0 spiro atoms. The van der Waals surface area contributed by atoms with Crippen LogP contribution in [0.25, 0.3) is 22.2 Å². The summed E-state index contributed by atoms with van der Waals surface area (Å²) < 4.78 is 5.43. The third-order valence-electron chi connectivity index (χ3n) is 4.69. The second kappa shape index (κ2) is 8.00. The molecule has 1 N–H and O–H groups in total. The average Bonchev–Trinajstić information content (AvgIpc) is 2.78. The summed E-state index contributed by atoms with van der Waals surface area (Å²) >= 11 is 0. The van der Waals surface area contributed by atoms with Gasteiger partial charge in [-0.15, -0.1) is 0 Å². The zero-order valence-corrected chi connectivity index (χ0v) is 16.0. The van der Waals surface area contributed by atoms with Crippen molar-refractivity contribution in [2.24, 2.45) is 0 Å². The van der Waals surface area contributed by atoms with Crippen molar-refractivity contribution in [1.29, 1.82) is 0 Å². The molecule has 1 heterocycles. The minimum absolute atomic E-state index is 0.132. The molecule has 0 aliphatic heterocycles. The van der Waals surface area contributed by atoms with Gasteiger partial charge in [-0.2, -0.15) is 0 Å². The molecule has 0 unspecified atom stereocenters. The molecular weight excluding hydrogens is 382 g/mol. The summed E-state index contributed by atoms with van der Waals surface area (Å²) in [6.45, 7) is 0. The number of carbonyl (C=O) groups is 1. The minimum atomic E-state index is -0.527. The number of para-hydroxylation sites is 4. The first-order valence-corrected chi connectivity index (χ1v) is 9.16. The highest BCUT2D eigenvalue weighted by atomic mass is 16.6. The largest absolute Gasteiger partial charge is 0.496 e. The summed E-state index contributed by atoms with van der Waals surface area (Å²) in [5, 5.41) is 14.6. The third kappa shape index (κ3) is 3.56. The van der Waals surface area contributed by atoms with E-state index in [2.05, 4.69) is 10.3 Å².